The van der Waals surface area contributed by atoms with E-state index >= 15 is 0 Å². The van der Waals surface area contributed by atoms with Crippen molar-refractivity contribution in [1.82, 2.24) is 30.2 Å². The Kier molecular flexibility index (Phi) is 14.8. The van der Waals surface area contributed by atoms with Crippen LogP contribution in [0.1, 0.15) is 128 Å². The Morgan fingerprint density at radius 2 is 1.09 bits per heavy atom. The van der Waals surface area contributed by atoms with Gasteiger partial charge in [-0.15, -0.1) is 0 Å². The van der Waals surface area contributed by atoms with Crippen molar-refractivity contribution in [3.05, 3.63) is 133 Å². The molecule has 0 aliphatic carbocycles. The average Bonchev–Trinajstić information content (AvgIpc) is 3.62. The van der Waals surface area contributed by atoms with E-state index in [1.807, 2.05) is 43.3 Å². The predicted octanol–water partition coefficient (Wildman–Crippen LogP) is 9.41. The van der Waals surface area contributed by atoms with E-state index in [-0.39, 0.29) is 54.5 Å². The Balaban J connectivity index is 0.000000273. The molecular weight excluding hydrogens is 801 g/mol. The summed E-state index contributed by atoms with van der Waals surface area (Å²) in [6, 6.07) is 22.5. The molecule has 312 valence electrons. The highest BCUT2D eigenvalue weighted by Gasteiger charge is 2.29. The van der Waals surface area contributed by atoms with Gasteiger partial charge in [-0.3, -0.25) is 23.1 Å². The molecule has 0 saturated carbocycles. The summed E-state index contributed by atoms with van der Waals surface area (Å²) < 4.78 is 46.7. The van der Waals surface area contributed by atoms with Crippen molar-refractivity contribution in [3.8, 4) is 0 Å². The van der Waals surface area contributed by atoms with Gasteiger partial charge in [-0.25, -0.2) is 4.39 Å². The fraction of sp³-hybridized carbons (Fsp3) is 0.395. The van der Waals surface area contributed by atoms with E-state index in [0.29, 0.717) is 13.1 Å². The SMILES string of the molecule is CC([18F])c1nn(C)c(C(=O)NCc2ccc(C(C)(C)C)cc2)c1Cl.Cc1ccc(S(=O)(=O)OC(C)c2nn(C)c(C(=O)NCc3ccc(C(C)(C)C)cc3)c2Cl)cc1. The van der Waals surface area contributed by atoms with Crippen molar-refractivity contribution in [2.24, 2.45) is 14.1 Å². The van der Waals surface area contributed by atoms with E-state index in [2.05, 4.69) is 74.5 Å². The van der Waals surface area contributed by atoms with Gasteiger partial charge >= 0.3 is 0 Å². The van der Waals surface area contributed by atoms with Crippen LogP contribution in [-0.4, -0.2) is 39.8 Å². The minimum atomic E-state index is -4.03. The van der Waals surface area contributed by atoms with Gasteiger partial charge in [0.1, 0.15) is 35.1 Å². The van der Waals surface area contributed by atoms with Crippen molar-refractivity contribution in [2.45, 2.75) is 103 Å². The zero-order chi connectivity index (χ0) is 43.3. The molecule has 0 saturated heterocycles. The van der Waals surface area contributed by atoms with Crippen molar-refractivity contribution in [2.75, 3.05) is 0 Å². The second-order valence-corrected chi connectivity index (χ2v) is 18.6. The summed E-state index contributed by atoms with van der Waals surface area (Å²) in [5, 5.41) is 14.0. The van der Waals surface area contributed by atoms with Gasteiger partial charge in [-0.05, 0) is 66.0 Å². The minimum Gasteiger partial charge on any atom is -0.347 e. The molecule has 0 aliphatic heterocycles. The number of aromatic nitrogens is 4. The molecule has 2 amide bonds. The van der Waals surface area contributed by atoms with E-state index < -0.39 is 28.3 Å². The number of nitrogens with one attached hydrogen (secondary N) is 2. The van der Waals surface area contributed by atoms with Crippen LogP contribution < -0.4 is 10.6 Å². The number of carbonyl (C=O) groups excluding carboxylic acids is 2. The number of aryl methyl sites for hydroxylation is 3. The van der Waals surface area contributed by atoms with Gasteiger partial charge in [0.25, 0.3) is 21.9 Å². The third-order valence-electron chi connectivity index (χ3n) is 9.35. The molecule has 58 heavy (non-hydrogen) atoms. The molecule has 2 heterocycles. The molecule has 5 rings (SSSR count). The van der Waals surface area contributed by atoms with Gasteiger partial charge in [0.05, 0.1) is 14.9 Å². The monoisotopic (exact) mass is 853 g/mol. The topological polar surface area (TPSA) is 137 Å². The van der Waals surface area contributed by atoms with Crippen LogP contribution in [0.3, 0.4) is 0 Å². The molecule has 0 fully saturated rings. The highest BCUT2D eigenvalue weighted by molar-refractivity contribution is 7.86. The van der Waals surface area contributed by atoms with Gasteiger partial charge in [-0.2, -0.15) is 18.6 Å². The van der Waals surface area contributed by atoms with Crippen LogP contribution in [0.25, 0.3) is 0 Å². The summed E-state index contributed by atoms with van der Waals surface area (Å²) in [5.74, 6) is -0.790. The third-order valence-corrected chi connectivity index (χ3v) is 11.5. The maximum atomic E-state index is 13.4. The number of benzene rings is 3. The zero-order valence-electron chi connectivity index (χ0n) is 34.9. The number of nitrogens with zero attached hydrogens (tertiary/aromatic N) is 4. The van der Waals surface area contributed by atoms with Crippen molar-refractivity contribution < 1.29 is 26.6 Å². The summed E-state index contributed by atoms with van der Waals surface area (Å²) in [4.78, 5) is 25.2. The van der Waals surface area contributed by atoms with E-state index in [1.54, 1.807) is 26.2 Å². The number of halogens is 3. The first-order valence-corrected chi connectivity index (χ1v) is 20.9. The molecular formula is C43H53Cl2FN6O5S. The number of amides is 2. The van der Waals surface area contributed by atoms with E-state index in [9.17, 15) is 22.4 Å². The molecule has 11 nitrogen and oxygen atoms in total. The second kappa shape index (κ2) is 18.6. The Morgan fingerprint density at radius 3 is 1.45 bits per heavy atom. The number of carbonyl (C=O) groups is 2. The van der Waals surface area contributed by atoms with Crippen molar-refractivity contribution in [1.29, 1.82) is 0 Å². The average molecular weight is 855 g/mol. The van der Waals surface area contributed by atoms with Gasteiger partial charge in [0.2, 0.25) is 0 Å². The number of rotatable bonds is 11. The molecule has 3 aromatic carbocycles. The van der Waals surface area contributed by atoms with E-state index in [0.717, 1.165) is 16.7 Å². The summed E-state index contributed by atoms with van der Waals surface area (Å²) in [6.45, 7) is 18.3. The molecule has 0 aliphatic rings. The Labute approximate surface area is 351 Å². The summed E-state index contributed by atoms with van der Waals surface area (Å²) >= 11 is 12.5. The first kappa shape index (κ1) is 46.1. The number of hydrogen-bond donors (Lipinski definition) is 2. The standard InChI is InChI=1S/C25H30ClN3O4S.C18H23ClFN3O/c1-16-7-13-20(14-8-16)34(31,32)33-17(2)22-21(26)23(29(6)28-22)24(30)27-15-18-9-11-19(12-10-18)25(3,4)5;1-11(20)15-14(19)16(23(5)22-15)17(24)21-10-12-6-8-13(9-7-12)18(2,3)4/h7-14,17H,15H2,1-6H3,(H,27,30);6-9,11H,10H2,1-5H3,(H,21,24)/i;20-1. The third kappa shape index (κ3) is 11.6. The zero-order valence-corrected chi connectivity index (χ0v) is 37.2. The van der Waals surface area contributed by atoms with Gasteiger partial charge < -0.3 is 10.6 Å². The molecule has 0 spiro atoms. The fourth-order valence-electron chi connectivity index (χ4n) is 5.82. The second-order valence-electron chi connectivity index (χ2n) is 16.2. The largest absolute Gasteiger partial charge is 0.347 e. The molecule has 15 heteroatoms. The lowest BCUT2D eigenvalue weighted by molar-refractivity contribution is 0.0933. The highest BCUT2D eigenvalue weighted by Crippen LogP contribution is 2.31. The minimum absolute atomic E-state index is 0.0347. The maximum Gasteiger partial charge on any atom is 0.297 e. The molecule has 2 atom stereocenters. The Morgan fingerprint density at radius 1 is 0.707 bits per heavy atom. The summed E-state index contributed by atoms with van der Waals surface area (Å²) in [5.41, 5.74) is 5.97. The van der Waals surface area contributed by atoms with Crippen molar-refractivity contribution >= 4 is 45.1 Å². The van der Waals surface area contributed by atoms with E-state index in [4.69, 9.17) is 27.4 Å². The molecule has 0 radical (unpaired) electrons. The van der Waals surface area contributed by atoms with Crippen LogP contribution >= 0.6 is 23.2 Å². The van der Waals surface area contributed by atoms with Crippen molar-refractivity contribution in [3.63, 3.8) is 0 Å². The van der Waals surface area contributed by atoms with Crippen LogP contribution in [0.15, 0.2) is 77.7 Å². The first-order chi connectivity index (χ1) is 26.9. The van der Waals surface area contributed by atoms with Crippen LogP contribution in [0, 0.1) is 6.92 Å². The quantitative estimate of drug-likeness (QED) is 0.126. The smallest absolute Gasteiger partial charge is 0.297 e. The maximum absolute atomic E-state index is 13.4. The lowest BCUT2D eigenvalue weighted by Crippen LogP contribution is -2.25. The summed E-state index contributed by atoms with van der Waals surface area (Å²) in [6.07, 6.45) is -2.31. The van der Waals surface area contributed by atoms with Crippen LogP contribution in [0.5, 0.6) is 0 Å². The summed E-state index contributed by atoms with van der Waals surface area (Å²) in [7, 11) is -0.887. The molecule has 2 aromatic heterocycles. The van der Waals surface area contributed by atoms with Gasteiger partial charge in [0, 0.05) is 27.2 Å². The first-order valence-electron chi connectivity index (χ1n) is 18.7. The lowest BCUT2D eigenvalue weighted by Gasteiger charge is -2.19. The van der Waals surface area contributed by atoms with E-state index in [1.165, 1.54) is 46.5 Å². The molecule has 2 N–H and O–H groups in total. The van der Waals surface area contributed by atoms with Crippen LogP contribution in [0.2, 0.25) is 10.0 Å². The lowest BCUT2D eigenvalue weighted by atomic mass is 9.87. The fourth-order valence-corrected chi connectivity index (χ4v) is 7.67. The Bertz CT molecular complexity index is 2330. The molecule has 0 bridgehead atoms. The van der Waals surface area contributed by atoms with Crippen LogP contribution in [-0.2, 0) is 52.3 Å². The number of hydrogen-bond acceptors (Lipinski definition) is 7. The Hall–Kier alpha value is -4.56. The number of alkyl halides is 1. The predicted molar refractivity (Wildman–Crippen MR) is 226 cm³/mol. The highest BCUT2D eigenvalue weighted by atomic mass is 35.5. The van der Waals surface area contributed by atoms with Gasteiger partial charge in [0.15, 0.2) is 0 Å². The van der Waals surface area contributed by atoms with Crippen LogP contribution in [0.4, 0.5) is 4.39 Å². The molecule has 2 unspecified atom stereocenters. The molecule has 5 aromatic rings. The normalized spacial score (nSPS) is 13.0. The van der Waals surface area contributed by atoms with Gasteiger partial charge in [-0.1, -0.05) is 131 Å².